The molecule has 1 N–H and O–H groups in total. The van der Waals surface area contributed by atoms with E-state index in [9.17, 15) is 31.1 Å². The zero-order valence-electron chi connectivity index (χ0n) is 13.8. The summed E-state index contributed by atoms with van der Waals surface area (Å²) in [6.07, 6.45) is -9.56. The minimum absolute atomic E-state index is 0.367. The number of carbonyl (C=O) groups excluding carboxylic acids is 1. The molecule has 6 nitrogen and oxygen atoms in total. The van der Waals surface area contributed by atoms with Gasteiger partial charge < -0.3 is 0 Å². The predicted molar refractivity (Wildman–Crippen MR) is 80.2 cm³/mol. The minimum atomic E-state index is -4.90. The Bertz CT molecular complexity index is 909. The number of amides is 1. The molecule has 12 heteroatoms. The fourth-order valence-corrected chi connectivity index (χ4v) is 2.31. The summed E-state index contributed by atoms with van der Waals surface area (Å²) in [6.45, 7) is 0. The number of aromatic nitrogens is 2. The summed E-state index contributed by atoms with van der Waals surface area (Å²) in [5, 5.41) is 13.0. The van der Waals surface area contributed by atoms with Crippen LogP contribution in [-0.4, -0.2) is 22.7 Å². The lowest BCUT2D eigenvalue weighted by molar-refractivity contribution is -0.141. The third-order valence-corrected chi connectivity index (χ3v) is 3.44. The van der Waals surface area contributed by atoms with Gasteiger partial charge in [0, 0.05) is 19.7 Å². The largest absolute Gasteiger partial charge is 0.436 e. The summed E-state index contributed by atoms with van der Waals surface area (Å²) in [5.41, 5.74) is -1.59. The molecule has 0 fully saturated rings. The molecule has 0 saturated carbocycles. The summed E-state index contributed by atoms with van der Waals surface area (Å²) in [6, 6.07) is 4.86. The van der Waals surface area contributed by atoms with Crippen molar-refractivity contribution in [3.63, 3.8) is 0 Å². The van der Waals surface area contributed by atoms with Crippen molar-refractivity contribution in [3.05, 3.63) is 46.6 Å². The molecule has 1 amide bonds. The minimum Gasteiger partial charge on any atom is -0.270 e. The summed E-state index contributed by atoms with van der Waals surface area (Å²) < 4.78 is 77.7. The number of anilines is 1. The lowest BCUT2D eigenvalue weighted by Gasteiger charge is -2.20. The lowest BCUT2D eigenvalue weighted by Crippen LogP contribution is -2.40. The van der Waals surface area contributed by atoms with Crippen molar-refractivity contribution in [2.24, 2.45) is 7.05 Å². The zero-order chi connectivity index (χ0) is 20.6. The molecule has 0 aliphatic carbocycles. The number of rotatable bonds is 3. The Morgan fingerprint density at radius 1 is 1.22 bits per heavy atom. The SMILES string of the molecule is CN(NC(=O)c1cccc(C(F)(F)F)c1)c1c(C#N)c(C(F)(F)F)nn1C. The molecule has 0 saturated heterocycles. The molecule has 0 aliphatic heterocycles. The number of halogens is 6. The number of nitrogens with one attached hydrogen (secondary N) is 1. The highest BCUT2D eigenvalue weighted by Crippen LogP contribution is 2.34. The summed E-state index contributed by atoms with van der Waals surface area (Å²) in [4.78, 5) is 12.2. The average molecular weight is 391 g/mol. The number of alkyl halides is 6. The van der Waals surface area contributed by atoms with Crippen molar-refractivity contribution in [3.8, 4) is 6.07 Å². The normalized spacial score (nSPS) is 11.8. The molecule has 0 atom stereocenters. The molecule has 1 aromatic heterocycles. The van der Waals surface area contributed by atoms with Crippen LogP contribution in [0.3, 0.4) is 0 Å². The third kappa shape index (κ3) is 4.13. The van der Waals surface area contributed by atoms with Crippen LogP contribution < -0.4 is 10.4 Å². The van der Waals surface area contributed by atoms with E-state index in [-0.39, 0.29) is 11.4 Å². The first-order chi connectivity index (χ1) is 12.4. The second-order valence-corrected chi connectivity index (χ2v) is 5.36. The lowest BCUT2D eigenvalue weighted by atomic mass is 10.1. The number of nitrogens with zero attached hydrogens (tertiary/aromatic N) is 4. The Morgan fingerprint density at radius 3 is 2.37 bits per heavy atom. The Labute approximate surface area is 148 Å². The van der Waals surface area contributed by atoms with E-state index >= 15 is 0 Å². The van der Waals surface area contributed by atoms with E-state index in [4.69, 9.17) is 5.26 Å². The summed E-state index contributed by atoms with van der Waals surface area (Å²) in [7, 11) is 2.25. The van der Waals surface area contributed by atoms with Gasteiger partial charge in [-0.15, -0.1) is 0 Å². The number of aryl methyl sites for hydroxylation is 1. The number of hydrogen-bond acceptors (Lipinski definition) is 4. The average Bonchev–Trinajstić information content (AvgIpc) is 2.91. The van der Waals surface area contributed by atoms with Crippen molar-refractivity contribution in [2.45, 2.75) is 12.4 Å². The quantitative estimate of drug-likeness (QED) is 0.645. The second kappa shape index (κ2) is 6.82. The number of benzene rings is 1. The van der Waals surface area contributed by atoms with Gasteiger partial charge in [-0.25, -0.2) is 4.68 Å². The van der Waals surface area contributed by atoms with Crippen LogP contribution in [0.15, 0.2) is 24.3 Å². The van der Waals surface area contributed by atoms with Crippen LogP contribution >= 0.6 is 0 Å². The van der Waals surface area contributed by atoms with Gasteiger partial charge in [-0.2, -0.15) is 36.7 Å². The number of hydrazine groups is 1. The molecule has 27 heavy (non-hydrogen) atoms. The van der Waals surface area contributed by atoms with Crippen LogP contribution in [0.2, 0.25) is 0 Å². The number of carbonyl (C=O) groups is 1. The van der Waals surface area contributed by atoms with Gasteiger partial charge in [0.15, 0.2) is 11.5 Å². The van der Waals surface area contributed by atoms with Crippen molar-refractivity contribution in [2.75, 3.05) is 12.1 Å². The van der Waals surface area contributed by atoms with Crippen molar-refractivity contribution in [1.29, 1.82) is 5.26 Å². The van der Waals surface area contributed by atoms with Crippen LogP contribution in [0.4, 0.5) is 32.2 Å². The monoisotopic (exact) mass is 391 g/mol. The molecule has 0 bridgehead atoms. The van der Waals surface area contributed by atoms with E-state index in [1.54, 1.807) is 0 Å². The molecule has 0 radical (unpaired) electrons. The van der Waals surface area contributed by atoms with Crippen LogP contribution in [0.5, 0.6) is 0 Å². The standard InChI is InChI=1S/C15H11F6N5O/c1-25-13(10(7-22)11(23-25)15(19,20)21)26(2)24-12(27)8-4-3-5-9(6-8)14(16,17)18/h3-6H,1-2H3,(H,24,27). The molecule has 0 aliphatic rings. The smallest absolute Gasteiger partial charge is 0.270 e. The molecule has 0 unspecified atom stereocenters. The maximum atomic E-state index is 12.9. The predicted octanol–water partition coefficient (Wildman–Crippen LogP) is 3.11. The van der Waals surface area contributed by atoms with Gasteiger partial charge in [0.2, 0.25) is 0 Å². The molecule has 1 aromatic carbocycles. The Balaban J connectivity index is 2.34. The maximum absolute atomic E-state index is 12.9. The van der Waals surface area contributed by atoms with E-state index in [2.05, 4.69) is 10.5 Å². The van der Waals surface area contributed by atoms with E-state index < -0.39 is 35.1 Å². The van der Waals surface area contributed by atoms with Crippen molar-refractivity contribution in [1.82, 2.24) is 15.2 Å². The van der Waals surface area contributed by atoms with Gasteiger partial charge in [-0.05, 0) is 18.2 Å². The maximum Gasteiger partial charge on any atom is 0.436 e. The van der Waals surface area contributed by atoms with Gasteiger partial charge in [0.05, 0.1) is 5.56 Å². The molecular formula is C15H11F6N5O. The third-order valence-electron chi connectivity index (χ3n) is 3.44. The fraction of sp³-hybridized carbons (Fsp3) is 0.267. The van der Waals surface area contributed by atoms with E-state index in [0.717, 1.165) is 42.0 Å². The molecule has 1 heterocycles. The van der Waals surface area contributed by atoms with Crippen molar-refractivity contribution < 1.29 is 31.1 Å². The first-order valence-corrected chi connectivity index (χ1v) is 7.12. The first kappa shape index (κ1) is 20.1. The van der Waals surface area contributed by atoms with Gasteiger partial charge in [-0.1, -0.05) is 6.07 Å². The highest BCUT2D eigenvalue weighted by molar-refractivity contribution is 5.95. The van der Waals surface area contributed by atoms with Gasteiger partial charge in [0.25, 0.3) is 5.91 Å². The first-order valence-electron chi connectivity index (χ1n) is 7.12. The van der Waals surface area contributed by atoms with E-state index in [1.807, 2.05) is 0 Å². The van der Waals surface area contributed by atoms with Gasteiger partial charge in [-0.3, -0.25) is 15.2 Å². The second-order valence-electron chi connectivity index (χ2n) is 5.36. The summed E-state index contributed by atoms with van der Waals surface area (Å²) in [5.74, 6) is -1.40. The van der Waals surface area contributed by atoms with Crippen LogP contribution in [0.1, 0.15) is 27.2 Å². The van der Waals surface area contributed by atoms with Crippen LogP contribution in [0.25, 0.3) is 0 Å². The number of hydrogen-bond donors (Lipinski definition) is 1. The fourth-order valence-electron chi connectivity index (χ4n) is 2.31. The molecule has 144 valence electrons. The molecule has 2 rings (SSSR count). The van der Waals surface area contributed by atoms with Crippen LogP contribution in [-0.2, 0) is 19.4 Å². The molecule has 0 spiro atoms. The Morgan fingerprint density at radius 2 is 1.85 bits per heavy atom. The van der Waals surface area contributed by atoms with Gasteiger partial charge in [0.1, 0.15) is 11.6 Å². The number of nitriles is 1. The Hall–Kier alpha value is -3.23. The topological polar surface area (TPSA) is 74.0 Å². The molecule has 2 aromatic rings. The highest BCUT2D eigenvalue weighted by atomic mass is 19.4. The Kier molecular flexibility index (Phi) is 5.08. The van der Waals surface area contributed by atoms with E-state index in [1.165, 1.54) is 6.07 Å². The molecular weight excluding hydrogens is 380 g/mol. The van der Waals surface area contributed by atoms with E-state index in [0.29, 0.717) is 6.07 Å². The summed E-state index contributed by atoms with van der Waals surface area (Å²) >= 11 is 0. The van der Waals surface area contributed by atoms with Gasteiger partial charge >= 0.3 is 12.4 Å². The van der Waals surface area contributed by atoms with Crippen molar-refractivity contribution >= 4 is 11.7 Å². The zero-order valence-corrected chi connectivity index (χ0v) is 13.8. The highest BCUT2D eigenvalue weighted by Gasteiger charge is 2.40. The van der Waals surface area contributed by atoms with Crippen LogP contribution in [0, 0.1) is 11.3 Å².